The van der Waals surface area contributed by atoms with Gasteiger partial charge in [-0.2, -0.15) is 0 Å². The van der Waals surface area contributed by atoms with Crippen molar-refractivity contribution in [3.63, 3.8) is 0 Å². The molecule has 1 atom stereocenters. The first-order chi connectivity index (χ1) is 10.8. The van der Waals surface area contributed by atoms with E-state index < -0.39 is 21.0 Å². The van der Waals surface area contributed by atoms with Gasteiger partial charge >= 0.3 is 142 Å². The van der Waals surface area contributed by atoms with Gasteiger partial charge in [0.15, 0.2) is 0 Å². The summed E-state index contributed by atoms with van der Waals surface area (Å²) in [7, 11) is 0. The van der Waals surface area contributed by atoms with Crippen molar-refractivity contribution in [1.82, 2.24) is 0 Å². The average Bonchev–Trinajstić information content (AvgIpc) is 3.16. The Balaban J connectivity index is 1.90. The van der Waals surface area contributed by atoms with Gasteiger partial charge < -0.3 is 0 Å². The van der Waals surface area contributed by atoms with Crippen LogP contribution in [0.4, 0.5) is 0 Å². The summed E-state index contributed by atoms with van der Waals surface area (Å²) in [5, 5.41) is 0. The number of hydrogen-bond donors (Lipinski definition) is 0. The van der Waals surface area contributed by atoms with Gasteiger partial charge in [-0.1, -0.05) is 0 Å². The van der Waals surface area contributed by atoms with Crippen molar-refractivity contribution in [2.75, 3.05) is 0 Å². The SMILES string of the molecule is C[C](C)=[Hf]([C]1=CC=CC1)[CH]1C2=C(CCCC2)c2ccccc21. The molecule has 0 nitrogen and oxygen atoms in total. The van der Waals surface area contributed by atoms with Crippen LogP contribution in [0.5, 0.6) is 0 Å². The van der Waals surface area contributed by atoms with E-state index in [9.17, 15) is 0 Å². The zero-order chi connectivity index (χ0) is 15.1. The van der Waals surface area contributed by atoms with Crippen LogP contribution >= 0.6 is 0 Å². The van der Waals surface area contributed by atoms with Gasteiger partial charge in [-0.3, -0.25) is 0 Å². The minimum absolute atomic E-state index is 0.813. The molecule has 0 saturated heterocycles. The number of hydrogen-bond acceptors (Lipinski definition) is 0. The van der Waals surface area contributed by atoms with Gasteiger partial charge in [-0.25, -0.2) is 0 Å². The summed E-state index contributed by atoms with van der Waals surface area (Å²) in [6, 6.07) is 9.34. The van der Waals surface area contributed by atoms with Crippen LogP contribution in [0.1, 0.15) is 60.8 Å². The molecule has 4 rings (SSSR count). The summed E-state index contributed by atoms with van der Waals surface area (Å²) in [5.74, 6) is 0. The molecule has 1 aromatic carbocycles. The number of benzene rings is 1. The normalized spacial score (nSPS) is 22.5. The summed E-state index contributed by atoms with van der Waals surface area (Å²) in [6.07, 6.45) is 13.8. The molecule has 22 heavy (non-hydrogen) atoms. The molecule has 3 aliphatic carbocycles. The summed E-state index contributed by atoms with van der Waals surface area (Å²) < 4.78 is 4.41. The van der Waals surface area contributed by atoms with Gasteiger partial charge in [0.05, 0.1) is 0 Å². The van der Waals surface area contributed by atoms with Crippen molar-refractivity contribution in [1.29, 1.82) is 0 Å². The van der Waals surface area contributed by atoms with Crippen LogP contribution in [-0.2, 0) is 21.0 Å². The maximum absolute atomic E-state index is 2.46. The Labute approximate surface area is 141 Å². The zero-order valence-electron chi connectivity index (χ0n) is 13.7. The second kappa shape index (κ2) is 6.00. The molecule has 1 heteroatoms. The number of allylic oxidation sites excluding steroid dienone is 6. The van der Waals surface area contributed by atoms with E-state index in [0.717, 1.165) is 3.67 Å². The van der Waals surface area contributed by atoms with Crippen LogP contribution in [-0.4, -0.2) is 3.26 Å². The Morgan fingerprint density at radius 3 is 2.68 bits per heavy atom. The summed E-state index contributed by atoms with van der Waals surface area (Å²) >= 11 is -1.98. The number of rotatable bonds is 2. The van der Waals surface area contributed by atoms with Crippen molar-refractivity contribution in [3.8, 4) is 0 Å². The standard InChI is InChI=1S/C13H13.C5H5.C3H6.Hf/c1-3-7-12-10(5-1)9-11-6-2-4-8-13(11)12;1-2-4-5-3-1;1-3-2;/h1,3,5,7,9H,2,4,6,8H2;1-3H,4H2;1-2H3;. The van der Waals surface area contributed by atoms with Crippen LogP contribution in [0.3, 0.4) is 0 Å². The Morgan fingerprint density at radius 2 is 1.91 bits per heavy atom. The first-order valence-electron chi connectivity index (χ1n) is 8.62. The molecule has 0 N–H and O–H groups in total. The molecule has 0 heterocycles. The first-order valence-corrected chi connectivity index (χ1v) is 14.3. The van der Waals surface area contributed by atoms with Crippen LogP contribution in [0, 0.1) is 0 Å². The molecule has 1 unspecified atom stereocenters. The van der Waals surface area contributed by atoms with E-state index in [1.54, 1.807) is 20.0 Å². The Morgan fingerprint density at radius 1 is 1.09 bits per heavy atom. The monoisotopic (exact) mass is 456 g/mol. The third-order valence-corrected chi connectivity index (χ3v) is 17.5. The molecule has 0 saturated carbocycles. The zero-order valence-corrected chi connectivity index (χ0v) is 17.2. The summed E-state index contributed by atoms with van der Waals surface area (Å²) in [4.78, 5) is 0. The van der Waals surface area contributed by atoms with Gasteiger partial charge in [-0.15, -0.1) is 0 Å². The van der Waals surface area contributed by atoms with Crippen LogP contribution in [0.25, 0.3) is 5.57 Å². The Hall–Kier alpha value is -0.820. The molecular formula is C21H24Hf. The molecule has 0 spiro atoms. The summed E-state index contributed by atoms with van der Waals surface area (Å²) in [5.41, 5.74) is 6.88. The third kappa shape index (κ3) is 2.33. The van der Waals surface area contributed by atoms with Gasteiger partial charge in [-0.05, 0) is 0 Å². The summed E-state index contributed by atoms with van der Waals surface area (Å²) in [6.45, 7) is 4.84. The van der Waals surface area contributed by atoms with Crippen LogP contribution in [0.15, 0.2) is 51.4 Å². The quantitative estimate of drug-likeness (QED) is 0.500. The first kappa shape index (κ1) is 14.8. The topological polar surface area (TPSA) is 0 Å². The fourth-order valence-corrected chi connectivity index (χ4v) is 16.9. The van der Waals surface area contributed by atoms with Crippen molar-refractivity contribution in [2.24, 2.45) is 0 Å². The van der Waals surface area contributed by atoms with E-state index in [1.165, 1.54) is 32.1 Å². The molecule has 0 radical (unpaired) electrons. The minimum atomic E-state index is -1.98. The van der Waals surface area contributed by atoms with Crippen molar-refractivity contribution < 1.29 is 21.0 Å². The van der Waals surface area contributed by atoms with Crippen LogP contribution in [0.2, 0.25) is 0 Å². The Bertz CT molecular complexity index is 739. The predicted molar refractivity (Wildman–Crippen MR) is 92.8 cm³/mol. The van der Waals surface area contributed by atoms with E-state index in [-0.39, 0.29) is 0 Å². The van der Waals surface area contributed by atoms with E-state index in [1.807, 2.05) is 8.90 Å². The van der Waals surface area contributed by atoms with E-state index in [4.69, 9.17) is 0 Å². The van der Waals surface area contributed by atoms with Crippen molar-refractivity contribution in [3.05, 3.63) is 62.5 Å². The van der Waals surface area contributed by atoms with Crippen molar-refractivity contribution >= 4 is 8.83 Å². The molecular weight excluding hydrogens is 431 g/mol. The molecule has 0 fully saturated rings. The fourth-order valence-electron chi connectivity index (χ4n) is 4.54. The molecule has 112 valence electrons. The molecule has 0 amide bonds. The Kier molecular flexibility index (Phi) is 4.02. The molecule has 0 aromatic heterocycles. The molecule has 1 aromatic rings. The fraction of sp³-hybridized carbons (Fsp3) is 0.381. The molecule has 3 aliphatic rings. The second-order valence-electron chi connectivity index (χ2n) is 6.97. The molecule has 0 aliphatic heterocycles. The van der Waals surface area contributed by atoms with Crippen molar-refractivity contribution in [2.45, 2.75) is 49.6 Å². The third-order valence-electron chi connectivity index (χ3n) is 5.40. The van der Waals surface area contributed by atoms with E-state index in [2.05, 4.69) is 56.3 Å². The van der Waals surface area contributed by atoms with Gasteiger partial charge in [0.2, 0.25) is 0 Å². The van der Waals surface area contributed by atoms with E-state index in [0.29, 0.717) is 0 Å². The average molecular weight is 455 g/mol. The number of fused-ring (bicyclic) bond motifs is 2. The molecule has 0 bridgehead atoms. The van der Waals surface area contributed by atoms with E-state index >= 15 is 0 Å². The van der Waals surface area contributed by atoms with Gasteiger partial charge in [0.25, 0.3) is 0 Å². The maximum atomic E-state index is 2.46. The second-order valence-corrected chi connectivity index (χ2v) is 17.9. The predicted octanol–water partition coefficient (Wildman–Crippen LogP) is 5.74. The van der Waals surface area contributed by atoms with Gasteiger partial charge in [0.1, 0.15) is 0 Å². The van der Waals surface area contributed by atoms with Gasteiger partial charge in [0, 0.05) is 0 Å². The van der Waals surface area contributed by atoms with Crippen LogP contribution < -0.4 is 0 Å².